The number of hydrogen-bond donors (Lipinski definition) is 3. The van der Waals surface area contributed by atoms with Crippen LogP contribution < -0.4 is 15.8 Å². The molecule has 7 nitrogen and oxygen atoms in total. The fourth-order valence-corrected chi connectivity index (χ4v) is 1.65. The maximum absolute atomic E-state index is 13.5. The highest BCUT2D eigenvalue weighted by molar-refractivity contribution is 5.88. The summed E-state index contributed by atoms with van der Waals surface area (Å²) in [6.07, 6.45) is -0.749. The Morgan fingerprint density at radius 1 is 1.43 bits per heavy atom. The molecule has 0 aliphatic carbocycles. The van der Waals surface area contributed by atoms with E-state index in [0.29, 0.717) is 5.56 Å². The lowest BCUT2D eigenvalue weighted by Crippen LogP contribution is -2.43. The van der Waals surface area contributed by atoms with Gasteiger partial charge in [0.25, 0.3) is 0 Å². The number of nitrogens with one attached hydrogen (secondary N) is 1. The highest BCUT2D eigenvalue weighted by Crippen LogP contribution is 2.17. The van der Waals surface area contributed by atoms with Gasteiger partial charge >= 0.3 is 5.97 Å². The molecule has 8 heteroatoms. The van der Waals surface area contributed by atoms with Crippen molar-refractivity contribution in [3.63, 3.8) is 0 Å². The fourth-order valence-electron chi connectivity index (χ4n) is 1.65. The van der Waals surface area contributed by atoms with E-state index in [-0.39, 0.29) is 12.2 Å². The second-order valence-electron chi connectivity index (χ2n) is 4.27. The zero-order chi connectivity index (χ0) is 16.0. The Morgan fingerprint density at radius 2 is 2.10 bits per heavy atom. The SMILES string of the molecule is COc1ccc(CC(=O)NC(CC(N)=O)C(=O)O)cc1F. The summed E-state index contributed by atoms with van der Waals surface area (Å²) in [5, 5.41) is 11.0. The number of ether oxygens (including phenoxy) is 1. The van der Waals surface area contributed by atoms with Crippen molar-refractivity contribution in [1.82, 2.24) is 5.32 Å². The quantitative estimate of drug-likeness (QED) is 0.645. The first kappa shape index (κ1) is 16.4. The molecule has 1 rings (SSSR count). The van der Waals surface area contributed by atoms with Crippen LogP contribution in [-0.2, 0) is 20.8 Å². The van der Waals surface area contributed by atoms with E-state index in [4.69, 9.17) is 15.6 Å². The number of carbonyl (C=O) groups is 3. The number of amides is 2. The van der Waals surface area contributed by atoms with Crippen molar-refractivity contribution in [3.05, 3.63) is 29.6 Å². The Kier molecular flexibility index (Phi) is 5.65. The van der Waals surface area contributed by atoms with E-state index in [1.807, 2.05) is 0 Å². The Morgan fingerprint density at radius 3 is 2.57 bits per heavy atom. The predicted octanol–water partition coefficient (Wildman–Crippen LogP) is -0.178. The molecule has 0 heterocycles. The summed E-state index contributed by atoms with van der Waals surface area (Å²) >= 11 is 0. The van der Waals surface area contributed by atoms with Crippen molar-refractivity contribution in [2.45, 2.75) is 18.9 Å². The largest absolute Gasteiger partial charge is 0.494 e. The maximum atomic E-state index is 13.5. The Balaban J connectivity index is 2.69. The first-order chi connectivity index (χ1) is 9.83. The molecule has 0 saturated heterocycles. The van der Waals surface area contributed by atoms with E-state index in [1.165, 1.54) is 19.2 Å². The molecule has 1 aromatic rings. The minimum absolute atomic E-state index is 0.0382. The van der Waals surface area contributed by atoms with Gasteiger partial charge in [0.05, 0.1) is 20.0 Å². The molecule has 0 bridgehead atoms. The minimum atomic E-state index is -1.40. The van der Waals surface area contributed by atoms with E-state index in [2.05, 4.69) is 5.32 Å². The van der Waals surface area contributed by atoms with Crippen LogP contribution in [0.5, 0.6) is 5.75 Å². The third-order valence-corrected chi connectivity index (χ3v) is 2.62. The smallest absolute Gasteiger partial charge is 0.326 e. The molecule has 0 fully saturated rings. The monoisotopic (exact) mass is 298 g/mol. The fraction of sp³-hybridized carbons (Fsp3) is 0.308. The summed E-state index contributed by atoms with van der Waals surface area (Å²) in [5.41, 5.74) is 5.24. The topological polar surface area (TPSA) is 119 Å². The Hall–Kier alpha value is -2.64. The maximum Gasteiger partial charge on any atom is 0.326 e. The number of carboxylic acids is 1. The highest BCUT2D eigenvalue weighted by atomic mass is 19.1. The van der Waals surface area contributed by atoms with Gasteiger partial charge in [-0.2, -0.15) is 0 Å². The van der Waals surface area contributed by atoms with E-state index in [0.717, 1.165) is 6.07 Å². The zero-order valence-corrected chi connectivity index (χ0v) is 11.3. The summed E-state index contributed by atoms with van der Waals surface area (Å²) in [6, 6.07) is 2.54. The molecule has 0 aliphatic rings. The van der Waals surface area contributed by atoms with Gasteiger partial charge in [0.15, 0.2) is 11.6 Å². The highest BCUT2D eigenvalue weighted by Gasteiger charge is 2.22. The molecule has 21 heavy (non-hydrogen) atoms. The van der Waals surface area contributed by atoms with E-state index >= 15 is 0 Å². The van der Waals surface area contributed by atoms with Crippen molar-refractivity contribution in [3.8, 4) is 5.75 Å². The standard InChI is InChI=1S/C13H15FN2O5/c1-21-10-3-2-7(4-8(10)14)5-12(18)16-9(13(19)20)6-11(15)17/h2-4,9H,5-6H2,1H3,(H2,15,17)(H,16,18)(H,19,20). The van der Waals surface area contributed by atoms with Gasteiger partial charge in [0.2, 0.25) is 11.8 Å². The lowest BCUT2D eigenvalue weighted by molar-refractivity contribution is -0.143. The van der Waals surface area contributed by atoms with Crippen LogP contribution in [0.4, 0.5) is 4.39 Å². The van der Waals surface area contributed by atoms with Gasteiger partial charge in [-0.05, 0) is 17.7 Å². The number of nitrogens with two attached hydrogens (primary N) is 1. The van der Waals surface area contributed by atoms with Gasteiger partial charge in [-0.1, -0.05) is 6.07 Å². The minimum Gasteiger partial charge on any atom is -0.494 e. The van der Waals surface area contributed by atoms with Crippen molar-refractivity contribution in [2.24, 2.45) is 5.73 Å². The first-order valence-corrected chi connectivity index (χ1v) is 5.96. The molecular formula is C13H15FN2O5. The molecule has 114 valence electrons. The van der Waals surface area contributed by atoms with Crippen molar-refractivity contribution >= 4 is 17.8 Å². The normalized spacial score (nSPS) is 11.5. The number of benzene rings is 1. The van der Waals surface area contributed by atoms with Crippen LogP contribution in [0.1, 0.15) is 12.0 Å². The molecule has 0 saturated carbocycles. The van der Waals surface area contributed by atoms with Crippen LogP contribution in [0.15, 0.2) is 18.2 Å². The number of carbonyl (C=O) groups excluding carboxylic acids is 2. The molecule has 0 aliphatic heterocycles. The van der Waals surface area contributed by atoms with Gasteiger partial charge < -0.3 is 20.9 Å². The third-order valence-electron chi connectivity index (χ3n) is 2.62. The van der Waals surface area contributed by atoms with Gasteiger partial charge in [-0.3, -0.25) is 9.59 Å². The number of rotatable bonds is 7. The van der Waals surface area contributed by atoms with E-state index in [1.54, 1.807) is 0 Å². The number of carboxylic acid groups (broad SMARTS) is 1. The summed E-state index contributed by atoms with van der Waals surface area (Å²) in [6.45, 7) is 0. The summed E-state index contributed by atoms with van der Waals surface area (Å²) in [5.74, 6) is -3.47. The van der Waals surface area contributed by atoms with Crippen LogP contribution in [-0.4, -0.2) is 36.0 Å². The second kappa shape index (κ2) is 7.22. The molecule has 1 atom stereocenters. The molecule has 4 N–H and O–H groups in total. The van der Waals surface area contributed by atoms with Crippen molar-refractivity contribution in [1.29, 1.82) is 0 Å². The number of methoxy groups -OCH3 is 1. The summed E-state index contributed by atoms with van der Waals surface area (Å²) in [4.78, 5) is 33.3. The number of aliphatic carboxylic acids is 1. The van der Waals surface area contributed by atoms with Gasteiger partial charge in [0.1, 0.15) is 6.04 Å². The molecule has 2 amide bonds. The molecule has 0 spiro atoms. The summed E-state index contributed by atoms with van der Waals surface area (Å²) in [7, 11) is 1.31. The first-order valence-electron chi connectivity index (χ1n) is 5.96. The van der Waals surface area contributed by atoms with Gasteiger partial charge in [0, 0.05) is 0 Å². The molecule has 0 radical (unpaired) electrons. The summed E-state index contributed by atoms with van der Waals surface area (Å²) < 4.78 is 18.2. The van der Waals surface area contributed by atoms with Gasteiger partial charge in [-0.15, -0.1) is 0 Å². The van der Waals surface area contributed by atoms with Crippen LogP contribution in [0.3, 0.4) is 0 Å². The molecule has 0 aromatic heterocycles. The zero-order valence-electron chi connectivity index (χ0n) is 11.3. The molecular weight excluding hydrogens is 283 g/mol. The number of primary amides is 1. The third kappa shape index (κ3) is 5.09. The molecule has 1 aromatic carbocycles. The second-order valence-corrected chi connectivity index (χ2v) is 4.27. The van der Waals surface area contributed by atoms with Crippen molar-refractivity contribution < 1.29 is 28.6 Å². The van der Waals surface area contributed by atoms with Crippen LogP contribution in [0.25, 0.3) is 0 Å². The average Bonchev–Trinajstić information content (AvgIpc) is 2.37. The average molecular weight is 298 g/mol. The lowest BCUT2D eigenvalue weighted by Gasteiger charge is -2.13. The van der Waals surface area contributed by atoms with E-state index < -0.39 is 36.1 Å². The van der Waals surface area contributed by atoms with Gasteiger partial charge in [-0.25, -0.2) is 9.18 Å². The van der Waals surface area contributed by atoms with Crippen LogP contribution >= 0.6 is 0 Å². The Bertz CT molecular complexity index is 561. The predicted molar refractivity (Wildman–Crippen MR) is 70.0 cm³/mol. The van der Waals surface area contributed by atoms with Crippen molar-refractivity contribution in [2.75, 3.05) is 7.11 Å². The van der Waals surface area contributed by atoms with E-state index in [9.17, 15) is 18.8 Å². The Labute approximate surface area is 119 Å². The van der Waals surface area contributed by atoms with Crippen LogP contribution in [0, 0.1) is 5.82 Å². The lowest BCUT2D eigenvalue weighted by atomic mass is 10.1. The number of hydrogen-bond acceptors (Lipinski definition) is 4. The van der Waals surface area contributed by atoms with Crippen LogP contribution in [0.2, 0.25) is 0 Å². The molecule has 1 unspecified atom stereocenters. The number of halogens is 1.